The van der Waals surface area contributed by atoms with Crippen LogP contribution in [0.2, 0.25) is 5.02 Å². The van der Waals surface area contributed by atoms with Gasteiger partial charge in [0.2, 0.25) is 0 Å². The maximum atomic E-state index is 13.1. The molecule has 2 unspecified atom stereocenters. The van der Waals surface area contributed by atoms with Crippen LogP contribution in [0, 0.1) is 11.7 Å². The van der Waals surface area contributed by atoms with Gasteiger partial charge >= 0.3 is 0 Å². The van der Waals surface area contributed by atoms with Gasteiger partial charge < -0.3 is 10.1 Å². The van der Waals surface area contributed by atoms with Gasteiger partial charge in [-0.25, -0.2) is 4.39 Å². The first-order valence-electron chi connectivity index (χ1n) is 6.69. The van der Waals surface area contributed by atoms with Gasteiger partial charge in [-0.1, -0.05) is 38.4 Å². The van der Waals surface area contributed by atoms with E-state index in [1.165, 1.54) is 12.1 Å². The van der Waals surface area contributed by atoms with E-state index in [0.717, 1.165) is 18.5 Å². The van der Waals surface area contributed by atoms with Crippen LogP contribution in [0.5, 0.6) is 0 Å². The number of halogens is 2. The number of benzene rings is 1. The Balaban J connectivity index is 2.88. The van der Waals surface area contributed by atoms with Crippen LogP contribution in [0.1, 0.15) is 26.3 Å². The number of hydrogen-bond acceptors (Lipinski definition) is 2. The molecule has 2 nitrogen and oxygen atoms in total. The van der Waals surface area contributed by atoms with E-state index in [-0.39, 0.29) is 18.0 Å². The minimum Gasteiger partial charge on any atom is -0.380 e. The molecule has 0 saturated heterocycles. The van der Waals surface area contributed by atoms with Crippen LogP contribution < -0.4 is 5.32 Å². The molecule has 108 valence electrons. The summed E-state index contributed by atoms with van der Waals surface area (Å²) in [4.78, 5) is 0. The zero-order valence-electron chi connectivity index (χ0n) is 12.0. The van der Waals surface area contributed by atoms with Crippen LogP contribution in [0.4, 0.5) is 4.39 Å². The van der Waals surface area contributed by atoms with E-state index in [4.69, 9.17) is 16.3 Å². The molecule has 0 amide bonds. The molecule has 1 aromatic carbocycles. The largest absolute Gasteiger partial charge is 0.380 e. The molecule has 1 rings (SSSR count). The summed E-state index contributed by atoms with van der Waals surface area (Å²) in [6.07, 6.45) is 0.824. The predicted octanol–water partition coefficient (Wildman–Crippen LogP) is 3.67. The topological polar surface area (TPSA) is 21.3 Å². The second-order valence-electron chi connectivity index (χ2n) is 5.05. The average molecular weight is 288 g/mol. The molecule has 0 aliphatic rings. The molecule has 0 aliphatic heterocycles. The zero-order chi connectivity index (χ0) is 14.4. The van der Waals surface area contributed by atoms with Crippen molar-refractivity contribution >= 4 is 11.6 Å². The summed E-state index contributed by atoms with van der Waals surface area (Å²) in [5, 5.41) is 3.90. The molecule has 2 atom stereocenters. The lowest BCUT2D eigenvalue weighted by atomic mass is 9.93. The van der Waals surface area contributed by atoms with Gasteiger partial charge in [0.05, 0.1) is 6.10 Å². The van der Waals surface area contributed by atoms with Gasteiger partial charge in [0.15, 0.2) is 0 Å². The Labute approximate surface area is 120 Å². The molecular formula is C15H23ClFNO. The number of ether oxygens (including phenoxy) is 1. The molecule has 0 saturated carbocycles. The number of likely N-dealkylation sites (N-methyl/N-ethyl adjacent to an activating group) is 1. The highest BCUT2D eigenvalue weighted by Gasteiger charge is 2.24. The summed E-state index contributed by atoms with van der Waals surface area (Å²) in [5.41, 5.74) is 0.941. The van der Waals surface area contributed by atoms with E-state index in [2.05, 4.69) is 26.1 Å². The summed E-state index contributed by atoms with van der Waals surface area (Å²) in [5.74, 6) is 0.0918. The van der Waals surface area contributed by atoms with E-state index >= 15 is 0 Å². The first kappa shape index (κ1) is 16.4. The minimum atomic E-state index is -0.305. The molecule has 0 fully saturated rings. The van der Waals surface area contributed by atoms with Crippen LogP contribution in [0.15, 0.2) is 18.2 Å². The Morgan fingerprint density at radius 1 is 1.37 bits per heavy atom. The van der Waals surface area contributed by atoms with Crippen molar-refractivity contribution < 1.29 is 9.13 Å². The smallest absolute Gasteiger partial charge is 0.124 e. The molecule has 0 bridgehead atoms. The fourth-order valence-corrected chi connectivity index (χ4v) is 2.64. The standard InChI is InChI=1S/C15H23ClFNO/c1-5-18-14(15(19-4)10(2)3)8-11-6-7-12(17)9-13(11)16/h6-7,9-10,14-15,18H,5,8H2,1-4H3. The van der Waals surface area contributed by atoms with E-state index in [9.17, 15) is 4.39 Å². The predicted molar refractivity (Wildman–Crippen MR) is 78.2 cm³/mol. The van der Waals surface area contributed by atoms with Crippen LogP contribution in [0.25, 0.3) is 0 Å². The lowest BCUT2D eigenvalue weighted by Gasteiger charge is -2.30. The Hall–Kier alpha value is -0.640. The SMILES string of the molecule is CCNC(Cc1ccc(F)cc1Cl)C(OC)C(C)C. The molecule has 0 spiro atoms. The van der Waals surface area contributed by atoms with Crippen molar-refractivity contribution in [3.05, 3.63) is 34.6 Å². The number of rotatable bonds is 7. The fraction of sp³-hybridized carbons (Fsp3) is 0.600. The highest BCUT2D eigenvalue weighted by Crippen LogP contribution is 2.22. The van der Waals surface area contributed by atoms with Crippen molar-refractivity contribution in [3.63, 3.8) is 0 Å². The first-order valence-corrected chi connectivity index (χ1v) is 7.07. The van der Waals surface area contributed by atoms with Crippen LogP contribution in [-0.2, 0) is 11.2 Å². The summed E-state index contributed by atoms with van der Waals surface area (Å²) in [6.45, 7) is 7.18. The van der Waals surface area contributed by atoms with Crippen LogP contribution in [0.3, 0.4) is 0 Å². The van der Waals surface area contributed by atoms with E-state index in [1.807, 2.05) is 0 Å². The van der Waals surface area contributed by atoms with Crippen molar-refractivity contribution in [2.75, 3.05) is 13.7 Å². The maximum absolute atomic E-state index is 13.1. The van der Waals surface area contributed by atoms with Crippen molar-refractivity contribution in [3.8, 4) is 0 Å². The van der Waals surface area contributed by atoms with Gasteiger partial charge in [-0.3, -0.25) is 0 Å². The molecule has 0 aromatic heterocycles. The van der Waals surface area contributed by atoms with Gasteiger partial charge in [-0.2, -0.15) is 0 Å². The summed E-state index contributed by atoms with van der Waals surface area (Å²) < 4.78 is 18.6. The van der Waals surface area contributed by atoms with Crippen molar-refractivity contribution in [2.45, 2.75) is 39.3 Å². The Kier molecular flexibility index (Phi) is 6.76. The third kappa shape index (κ3) is 4.75. The van der Waals surface area contributed by atoms with E-state index in [1.54, 1.807) is 13.2 Å². The molecular weight excluding hydrogens is 265 g/mol. The zero-order valence-corrected chi connectivity index (χ0v) is 12.8. The molecule has 1 aromatic rings. The summed E-state index contributed by atoms with van der Waals surface area (Å²) in [6, 6.07) is 4.71. The average Bonchev–Trinajstić information content (AvgIpc) is 2.33. The third-order valence-electron chi connectivity index (χ3n) is 3.25. The summed E-state index contributed by atoms with van der Waals surface area (Å²) in [7, 11) is 1.72. The third-order valence-corrected chi connectivity index (χ3v) is 3.60. The fourth-order valence-electron chi connectivity index (χ4n) is 2.39. The van der Waals surface area contributed by atoms with Gasteiger partial charge in [-0.05, 0) is 36.6 Å². The van der Waals surface area contributed by atoms with Crippen LogP contribution in [-0.4, -0.2) is 25.8 Å². The minimum absolute atomic E-state index is 0.0982. The molecule has 4 heteroatoms. The number of nitrogens with one attached hydrogen (secondary N) is 1. The van der Waals surface area contributed by atoms with E-state index in [0.29, 0.717) is 10.9 Å². The molecule has 0 radical (unpaired) electrons. The molecule has 19 heavy (non-hydrogen) atoms. The van der Waals surface area contributed by atoms with Gasteiger partial charge in [-0.15, -0.1) is 0 Å². The maximum Gasteiger partial charge on any atom is 0.124 e. The quantitative estimate of drug-likeness (QED) is 0.826. The number of hydrogen-bond donors (Lipinski definition) is 1. The van der Waals surface area contributed by atoms with Gasteiger partial charge in [0, 0.05) is 18.2 Å². The second-order valence-corrected chi connectivity index (χ2v) is 5.46. The Morgan fingerprint density at radius 2 is 2.05 bits per heavy atom. The second kappa shape index (κ2) is 7.83. The van der Waals surface area contributed by atoms with Crippen LogP contribution >= 0.6 is 11.6 Å². The lowest BCUT2D eigenvalue weighted by molar-refractivity contribution is 0.0337. The van der Waals surface area contributed by atoms with E-state index < -0.39 is 0 Å². The Morgan fingerprint density at radius 3 is 2.53 bits per heavy atom. The molecule has 0 heterocycles. The highest BCUT2D eigenvalue weighted by molar-refractivity contribution is 6.31. The van der Waals surface area contributed by atoms with Crippen molar-refractivity contribution in [1.82, 2.24) is 5.32 Å². The monoisotopic (exact) mass is 287 g/mol. The normalized spacial score (nSPS) is 14.7. The molecule has 1 N–H and O–H groups in total. The summed E-state index contributed by atoms with van der Waals surface area (Å²) >= 11 is 6.09. The molecule has 0 aliphatic carbocycles. The van der Waals surface area contributed by atoms with Crippen molar-refractivity contribution in [2.24, 2.45) is 5.92 Å². The Bertz CT molecular complexity index is 398. The highest BCUT2D eigenvalue weighted by atomic mass is 35.5. The lowest BCUT2D eigenvalue weighted by Crippen LogP contribution is -2.45. The number of methoxy groups -OCH3 is 1. The van der Waals surface area contributed by atoms with Gasteiger partial charge in [0.25, 0.3) is 0 Å². The van der Waals surface area contributed by atoms with Gasteiger partial charge in [0.1, 0.15) is 5.82 Å². The van der Waals surface area contributed by atoms with Crippen molar-refractivity contribution in [1.29, 1.82) is 0 Å². The first-order chi connectivity index (χ1) is 8.99.